The lowest BCUT2D eigenvalue weighted by atomic mass is 9.83. The molecule has 0 radical (unpaired) electrons. The van der Waals surface area contributed by atoms with Crippen LogP contribution < -0.4 is 26.6 Å². The van der Waals surface area contributed by atoms with Gasteiger partial charge in [-0.2, -0.15) is 0 Å². The van der Waals surface area contributed by atoms with Gasteiger partial charge in [-0.25, -0.2) is 19.9 Å². The quantitative estimate of drug-likeness (QED) is 0.0221. The average Bonchev–Trinajstić information content (AvgIpc) is 1.69. The molecular weight excluding hydrogens is 1830 g/mol. The van der Waals surface area contributed by atoms with Crippen LogP contribution in [0.15, 0.2) is 123 Å². The smallest absolute Gasteiger partial charge is 0.224 e. The number of nitrogens with one attached hydrogen (secondary N) is 5. The van der Waals surface area contributed by atoms with E-state index >= 15 is 0 Å². The summed E-state index contributed by atoms with van der Waals surface area (Å²) in [5.41, 5.74) is 8.82. The van der Waals surface area contributed by atoms with Crippen molar-refractivity contribution in [3.8, 4) is 0 Å². The van der Waals surface area contributed by atoms with Crippen LogP contribution in [-0.2, 0) is 109 Å². The Morgan fingerprint density at radius 2 is 0.593 bits per heavy atom. The largest absolute Gasteiger partial charge is 0.359 e. The zero-order chi connectivity index (χ0) is 101. The van der Waals surface area contributed by atoms with E-state index in [-0.39, 0.29) is 120 Å². The van der Waals surface area contributed by atoms with Gasteiger partial charge >= 0.3 is 0 Å². The molecule has 0 saturated heterocycles. The van der Waals surface area contributed by atoms with E-state index in [1.165, 1.54) is 182 Å². The number of benzene rings is 4. The topological polar surface area (TPSA) is 317 Å². The fourth-order valence-corrected chi connectivity index (χ4v) is 24.6. The van der Waals surface area contributed by atoms with E-state index in [0.29, 0.717) is 114 Å². The summed E-state index contributed by atoms with van der Waals surface area (Å²) in [4.78, 5) is 170. The summed E-state index contributed by atoms with van der Waals surface area (Å²) < 4.78 is 4.48. The Hall–Kier alpha value is -9.56. The van der Waals surface area contributed by atoms with Crippen molar-refractivity contribution >= 4 is 156 Å². The number of Topliss-reactive ketones (excluding diaryl/α,β-unsaturated/α-hetero) is 3. The third-order valence-corrected chi connectivity index (χ3v) is 32.7. The number of hydrogen-bond acceptors (Lipinski definition) is 20. The maximum Gasteiger partial charge on any atom is 0.224 e. The minimum atomic E-state index is -0.509. The summed E-state index contributed by atoms with van der Waals surface area (Å²) in [6.45, 7) is 28.2. The minimum Gasteiger partial charge on any atom is -0.359 e. The first kappa shape index (κ1) is 114. The maximum absolute atomic E-state index is 13.6. The second kappa shape index (κ2) is 61.4. The lowest BCUT2D eigenvalue weighted by molar-refractivity contribution is -0.130. The minimum absolute atomic E-state index is 0.000181. The Morgan fingerprint density at radius 3 is 0.821 bits per heavy atom. The van der Waals surface area contributed by atoms with Gasteiger partial charge in [0, 0.05) is 121 Å². The molecule has 8 aromatic rings. The van der Waals surface area contributed by atoms with Crippen molar-refractivity contribution in [2.24, 2.45) is 47.3 Å². The molecular formula is C115H159N9O12S4. The van der Waals surface area contributed by atoms with E-state index in [9.17, 15) is 57.5 Å². The average molecular weight is 1990 g/mol. The Labute approximate surface area is 848 Å². The highest BCUT2D eigenvalue weighted by Gasteiger charge is 2.34. The summed E-state index contributed by atoms with van der Waals surface area (Å²) >= 11 is 6.43. The molecule has 4 aromatic carbocycles. The van der Waals surface area contributed by atoms with E-state index in [2.05, 4.69) is 129 Å². The number of aromatic nitrogens is 4. The highest BCUT2D eigenvalue weighted by atomic mass is 32.1. The van der Waals surface area contributed by atoms with Crippen molar-refractivity contribution in [1.82, 2.24) is 46.5 Å². The molecule has 4 fully saturated rings. The third-order valence-electron chi connectivity index (χ3n) is 28.5. The van der Waals surface area contributed by atoms with Gasteiger partial charge < -0.3 is 31.4 Å². The van der Waals surface area contributed by atoms with Crippen molar-refractivity contribution in [1.29, 1.82) is 0 Å². The first-order valence-electron chi connectivity index (χ1n) is 52.7. The van der Waals surface area contributed by atoms with Crippen molar-refractivity contribution in [2.45, 2.75) is 374 Å². The molecule has 4 heterocycles. The molecule has 0 spiro atoms. The summed E-state index contributed by atoms with van der Waals surface area (Å²) in [7, 11) is 1.59. The van der Waals surface area contributed by atoms with Gasteiger partial charge in [-0.05, 0) is 209 Å². The Kier molecular flexibility index (Phi) is 50.0. The summed E-state index contributed by atoms with van der Waals surface area (Å²) in [5, 5.41) is 19.1. The monoisotopic (exact) mass is 1990 g/mol. The molecule has 21 nitrogen and oxygen atoms in total. The van der Waals surface area contributed by atoms with E-state index < -0.39 is 23.7 Å². The van der Waals surface area contributed by atoms with Crippen molar-refractivity contribution in [3.05, 3.63) is 166 Å². The fourth-order valence-electron chi connectivity index (χ4n) is 20.2. The number of fused-ring (bicyclic) bond motifs is 4. The van der Waals surface area contributed by atoms with Crippen LogP contribution in [0, 0.1) is 47.3 Å². The van der Waals surface area contributed by atoms with Crippen LogP contribution in [0.3, 0.4) is 0 Å². The number of aryl methyl sites for hydroxylation is 4. The number of carbonyl (C=O) groups is 12. The van der Waals surface area contributed by atoms with Crippen molar-refractivity contribution in [3.63, 3.8) is 0 Å². The predicted octanol–water partition coefficient (Wildman–Crippen LogP) is 24.3. The number of rotatable bonds is 55. The summed E-state index contributed by atoms with van der Waals surface area (Å²) in [5.74, 6) is 0.128. The second-order valence-corrected chi connectivity index (χ2v) is 44.1. The number of nitrogens with zero attached hydrogens (tertiary/aromatic N) is 4. The van der Waals surface area contributed by atoms with Gasteiger partial charge in [0.05, 0.1) is 84.6 Å². The molecule has 8 atom stereocenters. The van der Waals surface area contributed by atoms with Gasteiger partial charge in [-0.15, -0.1) is 45.3 Å². The molecule has 5 N–H and O–H groups in total. The molecule has 4 aliphatic rings. The third kappa shape index (κ3) is 39.6. The van der Waals surface area contributed by atoms with Crippen molar-refractivity contribution < 1.29 is 57.5 Å². The first-order valence-corrected chi connectivity index (χ1v) is 56.0. The Balaban J connectivity index is 0.000000209. The van der Waals surface area contributed by atoms with Gasteiger partial charge in [0.25, 0.3) is 0 Å². The van der Waals surface area contributed by atoms with Crippen molar-refractivity contribution in [2.75, 3.05) is 7.05 Å². The van der Waals surface area contributed by atoms with Gasteiger partial charge in [0.1, 0.15) is 17.3 Å². The van der Waals surface area contributed by atoms with Gasteiger partial charge in [-0.3, -0.25) is 52.7 Å². The second-order valence-electron chi connectivity index (χ2n) is 39.6. The van der Waals surface area contributed by atoms with Gasteiger partial charge in [-0.1, -0.05) is 221 Å². The molecule has 5 amide bonds. The van der Waals surface area contributed by atoms with Gasteiger partial charge in [0.15, 0.2) is 23.1 Å². The number of hydrogen-bond donors (Lipinski definition) is 5. The lowest BCUT2D eigenvalue weighted by Gasteiger charge is -2.28. The van der Waals surface area contributed by atoms with Crippen LogP contribution in [0.2, 0.25) is 0 Å². The fraction of sp³-hybridized carbons (Fsp3) is 0.583. The molecule has 4 aliphatic carbocycles. The van der Waals surface area contributed by atoms with Crippen LogP contribution in [0.25, 0.3) is 40.9 Å². The zero-order valence-corrected chi connectivity index (χ0v) is 88.3. The van der Waals surface area contributed by atoms with Crippen LogP contribution in [0.4, 0.5) is 0 Å². The molecule has 4 saturated carbocycles. The standard InChI is InChI=1S/C30H42N2O3S.C29H40N2O3S.C28H39N3O3S.C28H38N2O3S/c1-4-10-26(34)19-23(20-29-32-27-16-13-21(5-2)18-28(27)36-29)30(35)31-24(14-15-25(33)6-3)17-22-11-8-7-9-12-22;1-4-20-12-15-26-27(17-20)35-28(31-26)19-22(18-25(33)6-3)29(34)30-23(13-14-24(32)5-2)16-21-10-8-7-9-11-21;1-4-19-11-14-24-25(16-19)35-27(31-24)18-21(17-26(33)29-3)28(34)30-22(12-13-23(32)5-2)15-20-9-7-6-8-10-20;1-4-20-11-14-25-26(17-20)34-27(30-25)18-22(15-19(3)31)28(33)29-23(12-13-24(32)5-2)16-21-9-7-6-8-10-21/h6,13,16,18,22-24H,3-5,7-12,14-15,17,19-20H2,1-2H3,(H,31,35);5,12,15,17,21-23H,2,4,6-11,13-14,16,18-19H2,1,3H3,(H,30,34);5,11,14,16,20-22H,2,4,6-10,12-13,15,17-18H2,1,3H3,(H,29,33)(H,30,34);5,11,14,17,21-23H,2,4,6-10,12-13,15-16,18H2,1,3H3,(H,29,33)/t23-,24+;22-,23+;21-,22+;22-,23+/m0000/s1. The SMILES string of the molecule is C=CC(=O)CC[C@H](CC1CCCCC1)NC(=O)[C@@H](CC(=O)CC)Cc1nc2ccc(CC)cc2s1.C=CC(=O)CC[C@H](CC1CCCCC1)NC(=O)[C@@H](CC(=O)CCC)Cc1nc2ccc(CC)cc2s1.C=CC(=O)CC[C@H](CC1CCCCC1)NC(=O)[C@@H](CC(=O)NC)Cc1nc2ccc(CC)cc2s1.C=CC(=O)CC[C@H](CC1CCCCC1)NC(=O)[C@@H](CC(C)=O)Cc1nc2ccc(CC)cc2s1. The van der Waals surface area contributed by atoms with Crippen LogP contribution in [0.1, 0.15) is 341 Å². The van der Waals surface area contributed by atoms with E-state index in [4.69, 9.17) is 19.9 Å². The highest BCUT2D eigenvalue weighted by Crippen LogP contribution is 2.37. The summed E-state index contributed by atoms with van der Waals surface area (Å²) in [6.07, 6.45) is 45.6. The highest BCUT2D eigenvalue weighted by molar-refractivity contribution is 7.19. The molecule has 4 aromatic heterocycles. The van der Waals surface area contributed by atoms with Crippen LogP contribution >= 0.6 is 45.3 Å². The van der Waals surface area contributed by atoms with E-state index in [1.807, 2.05) is 38.1 Å². The number of allylic oxidation sites excluding steroid dienone is 4. The lowest BCUT2D eigenvalue weighted by Crippen LogP contribution is -2.42. The Bertz CT molecular complexity index is 5240. The van der Waals surface area contributed by atoms with Gasteiger partial charge in [0.2, 0.25) is 29.5 Å². The predicted molar refractivity (Wildman–Crippen MR) is 573 cm³/mol. The van der Waals surface area contributed by atoms with E-state index in [0.717, 1.165) is 119 Å². The number of ketones is 7. The number of thiazole rings is 4. The van der Waals surface area contributed by atoms with Crippen LogP contribution in [0.5, 0.6) is 0 Å². The molecule has 760 valence electrons. The van der Waals surface area contributed by atoms with E-state index in [1.54, 1.807) is 52.4 Å². The van der Waals surface area contributed by atoms with Crippen LogP contribution in [-0.4, -0.2) is 121 Å². The molecule has 25 heteroatoms. The zero-order valence-electron chi connectivity index (χ0n) is 85.0. The number of amides is 5. The maximum atomic E-state index is 13.6. The summed E-state index contributed by atoms with van der Waals surface area (Å²) in [6, 6.07) is 24.9. The molecule has 140 heavy (non-hydrogen) atoms. The molecule has 12 rings (SSSR count). The molecule has 0 bridgehead atoms. The number of carbonyl (C=O) groups excluding carboxylic acids is 12. The first-order chi connectivity index (χ1) is 67.6. The normalized spacial score (nSPS) is 16.0. The molecule has 0 aliphatic heterocycles. The Morgan fingerprint density at radius 1 is 0.343 bits per heavy atom. The molecule has 0 unspecified atom stereocenters.